The molecular weight excluding hydrogens is 461 g/mol. The van der Waals surface area contributed by atoms with Crippen LogP contribution in [0.3, 0.4) is 0 Å². The summed E-state index contributed by atoms with van der Waals surface area (Å²) in [4.78, 5) is 25.2. The number of aryl methyl sites for hydroxylation is 2. The number of hydrogen-bond acceptors (Lipinski definition) is 6. The number of Topliss-reactive ketones (excluding diaryl/α,β-unsaturated/α-hetero) is 1. The summed E-state index contributed by atoms with van der Waals surface area (Å²) in [5.74, 6) is 0.553. The topological polar surface area (TPSA) is 91.0 Å². The van der Waals surface area contributed by atoms with Gasteiger partial charge >= 0.3 is 0 Å². The van der Waals surface area contributed by atoms with Crippen molar-refractivity contribution >= 4 is 16.7 Å². The number of nitrogens with one attached hydrogen (secondary N) is 1. The quantitative estimate of drug-likeness (QED) is 0.342. The van der Waals surface area contributed by atoms with E-state index in [1.54, 1.807) is 23.0 Å². The van der Waals surface area contributed by atoms with Crippen LogP contribution in [-0.4, -0.2) is 38.0 Å². The van der Waals surface area contributed by atoms with Crippen molar-refractivity contribution in [3.63, 3.8) is 0 Å². The number of fused-ring (bicyclic) bond motifs is 1. The second-order valence-electron chi connectivity index (χ2n) is 8.98. The summed E-state index contributed by atoms with van der Waals surface area (Å²) in [5, 5.41) is 12.6. The van der Waals surface area contributed by atoms with Crippen LogP contribution in [0.5, 0.6) is 5.75 Å². The van der Waals surface area contributed by atoms with Gasteiger partial charge in [0.1, 0.15) is 17.3 Å². The molecule has 0 aliphatic heterocycles. The molecule has 0 aliphatic rings. The van der Waals surface area contributed by atoms with E-state index in [1.165, 1.54) is 16.8 Å². The van der Waals surface area contributed by atoms with Gasteiger partial charge in [-0.2, -0.15) is 10.2 Å². The molecule has 188 valence electrons. The third-order valence-electron chi connectivity index (χ3n) is 5.67. The van der Waals surface area contributed by atoms with E-state index in [0.29, 0.717) is 48.2 Å². The van der Waals surface area contributed by atoms with Crippen molar-refractivity contribution in [1.29, 1.82) is 0 Å². The molecule has 0 fully saturated rings. The molecule has 0 atom stereocenters. The minimum Gasteiger partial charge on any atom is -0.491 e. The SMILES string of the molecule is Cc1nn(CCCC(=O)CNCc2ccc(OC(C)C)cc2)c(=O)c2nn(-c3ccc(F)cc3)cc12. The highest BCUT2D eigenvalue weighted by Gasteiger charge is 2.14. The average molecular weight is 492 g/mol. The smallest absolute Gasteiger partial charge is 0.295 e. The summed E-state index contributed by atoms with van der Waals surface area (Å²) in [6.45, 7) is 6.94. The standard InChI is InChI=1S/C27H30FN5O3/c1-18(2)36-24-12-6-20(7-13-24)15-29-16-23(34)5-4-14-32-27(35)26-25(19(3)30-32)17-33(31-26)22-10-8-21(28)9-11-22/h6-13,17-18,29H,4-5,14-16H2,1-3H3. The molecule has 1 N–H and O–H groups in total. The molecule has 0 radical (unpaired) electrons. The Morgan fingerprint density at radius 3 is 2.50 bits per heavy atom. The molecular formula is C27H30FN5O3. The first-order valence-electron chi connectivity index (χ1n) is 12.0. The molecule has 0 saturated carbocycles. The second-order valence-corrected chi connectivity index (χ2v) is 8.98. The highest BCUT2D eigenvalue weighted by atomic mass is 19.1. The Bertz CT molecular complexity index is 1390. The van der Waals surface area contributed by atoms with Crippen LogP contribution in [0.2, 0.25) is 0 Å². The zero-order valence-corrected chi connectivity index (χ0v) is 20.7. The van der Waals surface area contributed by atoms with E-state index in [9.17, 15) is 14.0 Å². The van der Waals surface area contributed by atoms with E-state index in [2.05, 4.69) is 15.5 Å². The van der Waals surface area contributed by atoms with Gasteiger partial charge in [0.25, 0.3) is 5.56 Å². The molecule has 0 amide bonds. The van der Waals surface area contributed by atoms with Crippen molar-refractivity contribution in [1.82, 2.24) is 24.9 Å². The van der Waals surface area contributed by atoms with E-state index in [1.807, 2.05) is 45.0 Å². The van der Waals surface area contributed by atoms with E-state index in [4.69, 9.17) is 4.74 Å². The number of ketones is 1. The lowest BCUT2D eigenvalue weighted by molar-refractivity contribution is -0.118. The molecule has 0 bridgehead atoms. The fourth-order valence-electron chi connectivity index (χ4n) is 3.90. The van der Waals surface area contributed by atoms with Gasteiger partial charge in [0, 0.05) is 31.1 Å². The third-order valence-corrected chi connectivity index (χ3v) is 5.67. The summed E-state index contributed by atoms with van der Waals surface area (Å²) >= 11 is 0. The lowest BCUT2D eigenvalue weighted by atomic mass is 10.2. The van der Waals surface area contributed by atoms with Gasteiger partial charge in [-0.3, -0.25) is 9.59 Å². The van der Waals surface area contributed by atoms with Crippen LogP contribution in [0.15, 0.2) is 59.5 Å². The highest BCUT2D eigenvalue weighted by molar-refractivity contribution is 5.80. The first-order valence-corrected chi connectivity index (χ1v) is 12.0. The summed E-state index contributed by atoms with van der Waals surface area (Å²) in [5.41, 5.74) is 2.36. The number of nitrogens with zero attached hydrogens (tertiary/aromatic N) is 4. The van der Waals surface area contributed by atoms with Crippen LogP contribution in [0.4, 0.5) is 4.39 Å². The molecule has 4 rings (SSSR count). The molecule has 0 spiro atoms. The number of hydrogen-bond donors (Lipinski definition) is 1. The Balaban J connectivity index is 1.30. The maximum atomic E-state index is 13.2. The number of carbonyl (C=O) groups is 1. The molecule has 36 heavy (non-hydrogen) atoms. The Hall–Kier alpha value is -3.85. The summed E-state index contributed by atoms with van der Waals surface area (Å²) in [6, 6.07) is 13.7. The first kappa shape index (κ1) is 25.2. The molecule has 0 aliphatic carbocycles. The van der Waals surface area contributed by atoms with Crippen LogP contribution in [0.1, 0.15) is 37.9 Å². The second kappa shape index (κ2) is 11.3. The number of aromatic nitrogens is 4. The number of halogens is 1. The van der Waals surface area contributed by atoms with Crippen molar-refractivity contribution in [3.8, 4) is 11.4 Å². The Kier molecular flexibility index (Phi) is 7.90. The molecule has 2 heterocycles. The van der Waals surface area contributed by atoms with Crippen LogP contribution in [0, 0.1) is 12.7 Å². The Morgan fingerprint density at radius 2 is 1.81 bits per heavy atom. The van der Waals surface area contributed by atoms with Gasteiger partial charge in [0.05, 0.1) is 24.0 Å². The Morgan fingerprint density at radius 1 is 1.08 bits per heavy atom. The van der Waals surface area contributed by atoms with Gasteiger partial charge in [-0.1, -0.05) is 12.1 Å². The summed E-state index contributed by atoms with van der Waals surface area (Å²) in [6.07, 6.45) is 2.68. The predicted molar refractivity (Wildman–Crippen MR) is 136 cm³/mol. The summed E-state index contributed by atoms with van der Waals surface area (Å²) in [7, 11) is 0. The van der Waals surface area contributed by atoms with E-state index >= 15 is 0 Å². The molecule has 4 aromatic rings. The zero-order chi connectivity index (χ0) is 25.7. The van der Waals surface area contributed by atoms with Crippen molar-refractivity contribution < 1.29 is 13.9 Å². The van der Waals surface area contributed by atoms with Gasteiger partial charge in [0.2, 0.25) is 0 Å². The van der Waals surface area contributed by atoms with E-state index < -0.39 is 0 Å². The minimum atomic E-state index is -0.341. The van der Waals surface area contributed by atoms with Crippen LogP contribution in [0.25, 0.3) is 16.6 Å². The first-order chi connectivity index (χ1) is 17.3. The Labute approximate surface area is 208 Å². The molecule has 0 unspecified atom stereocenters. The molecule has 0 saturated heterocycles. The molecule has 2 aromatic carbocycles. The molecule has 2 aromatic heterocycles. The van der Waals surface area contributed by atoms with E-state index in [-0.39, 0.29) is 29.8 Å². The maximum Gasteiger partial charge on any atom is 0.295 e. The van der Waals surface area contributed by atoms with Crippen molar-refractivity contribution in [2.24, 2.45) is 0 Å². The predicted octanol–water partition coefficient (Wildman–Crippen LogP) is 3.96. The molecule has 9 heteroatoms. The van der Waals surface area contributed by atoms with Gasteiger partial charge in [0.15, 0.2) is 5.52 Å². The van der Waals surface area contributed by atoms with Crippen LogP contribution >= 0.6 is 0 Å². The summed E-state index contributed by atoms with van der Waals surface area (Å²) < 4.78 is 21.8. The zero-order valence-electron chi connectivity index (χ0n) is 20.7. The van der Waals surface area contributed by atoms with Crippen LogP contribution < -0.4 is 15.6 Å². The lowest BCUT2D eigenvalue weighted by Crippen LogP contribution is -2.26. The number of carbonyl (C=O) groups excluding carboxylic acids is 1. The monoisotopic (exact) mass is 491 g/mol. The fourth-order valence-corrected chi connectivity index (χ4v) is 3.90. The minimum absolute atomic E-state index is 0.0706. The lowest BCUT2D eigenvalue weighted by Gasteiger charge is -2.10. The van der Waals surface area contributed by atoms with Crippen molar-refractivity contribution in [3.05, 3.63) is 82.2 Å². The third kappa shape index (κ3) is 6.23. The maximum absolute atomic E-state index is 13.2. The van der Waals surface area contributed by atoms with Gasteiger partial charge in [-0.05, 0) is 69.2 Å². The fraction of sp³-hybridized carbons (Fsp3) is 0.333. The number of rotatable bonds is 11. The van der Waals surface area contributed by atoms with Crippen molar-refractivity contribution in [2.45, 2.75) is 52.8 Å². The average Bonchev–Trinajstić information content (AvgIpc) is 3.30. The van der Waals surface area contributed by atoms with Crippen molar-refractivity contribution in [2.75, 3.05) is 6.54 Å². The molecule has 8 nitrogen and oxygen atoms in total. The van der Waals surface area contributed by atoms with Crippen LogP contribution in [-0.2, 0) is 17.9 Å². The highest BCUT2D eigenvalue weighted by Crippen LogP contribution is 2.16. The van der Waals surface area contributed by atoms with Gasteiger partial charge < -0.3 is 10.1 Å². The number of ether oxygens (including phenoxy) is 1. The van der Waals surface area contributed by atoms with Gasteiger partial charge in [-0.15, -0.1) is 0 Å². The number of benzene rings is 2. The largest absolute Gasteiger partial charge is 0.491 e. The van der Waals surface area contributed by atoms with E-state index in [0.717, 1.165) is 11.3 Å². The normalized spacial score (nSPS) is 11.4. The van der Waals surface area contributed by atoms with Gasteiger partial charge in [-0.25, -0.2) is 13.8 Å².